The summed E-state index contributed by atoms with van der Waals surface area (Å²) < 4.78 is 7.93. The molecule has 0 rings (SSSR count). The van der Waals surface area contributed by atoms with Gasteiger partial charge in [-0.1, -0.05) is 61.6 Å². The Bertz CT molecular complexity index is 169. The molecule has 3 heteroatoms. The maximum atomic E-state index is 5.44. The molecule has 0 heterocycles. The minimum absolute atomic E-state index is 0.327. The molecule has 1 unspecified atom stereocenters. The van der Waals surface area contributed by atoms with Gasteiger partial charge in [-0.3, -0.25) is 0 Å². The highest BCUT2D eigenvalue weighted by molar-refractivity contribution is 14.1. The van der Waals surface area contributed by atoms with Crippen molar-refractivity contribution in [3.63, 3.8) is 0 Å². The van der Waals surface area contributed by atoms with Crippen molar-refractivity contribution in [3.05, 3.63) is 9.66 Å². The van der Waals surface area contributed by atoms with E-state index in [9.17, 15) is 0 Å². The van der Waals surface area contributed by atoms with Crippen LogP contribution in [-0.2, 0) is 4.74 Å². The number of ether oxygens (including phenoxy) is 1. The third-order valence-corrected chi connectivity index (χ3v) is 5.41. The van der Waals surface area contributed by atoms with E-state index in [1.165, 1.54) is 42.1 Å². The highest BCUT2D eigenvalue weighted by Gasteiger charge is 2.04. The number of alkyl halides is 1. The van der Waals surface area contributed by atoms with E-state index in [4.69, 9.17) is 4.74 Å². The normalized spacial score (nSPS) is 14.3. The summed E-state index contributed by atoms with van der Waals surface area (Å²) in [7, 11) is 1.81. The van der Waals surface area contributed by atoms with Gasteiger partial charge in [-0.25, -0.2) is 0 Å². The smallest absolute Gasteiger partial charge is 0.0762 e. The first-order valence-electron chi connectivity index (χ1n) is 5.69. The van der Waals surface area contributed by atoms with E-state index < -0.39 is 0 Å². The van der Waals surface area contributed by atoms with E-state index in [2.05, 4.69) is 58.2 Å². The largest absolute Gasteiger partial charge is 0.377 e. The summed E-state index contributed by atoms with van der Waals surface area (Å²) in [5.74, 6) is 0. The SMILES string of the molecule is CCCCCCCC(/C=C(\I)CI)OC. The molecule has 0 aromatic heterocycles. The number of hydrogen-bond donors (Lipinski definition) is 0. The lowest BCUT2D eigenvalue weighted by atomic mass is 10.1. The van der Waals surface area contributed by atoms with Crippen LogP contribution >= 0.6 is 45.2 Å². The van der Waals surface area contributed by atoms with Crippen LogP contribution in [0, 0.1) is 0 Å². The lowest BCUT2D eigenvalue weighted by molar-refractivity contribution is 0.130. The predicted octanol–water partition coefficient (Wildman–Crippen LogP) is 5.12. The number of halogens is 2. The monoisotopic (exact) mass is 436 g/mol. The van der Waals surface area contributed by atoms with Gasteiger partial charge in [-0.15, -0.1) is 0 Å². The van der Waals surface area contributed by atoms with Gasteiger partial charge in [-0.05, 0) is 38.7 Å². The van der Waals surface area contributed by atoms with Crippen molar-refractivity contribution in [2.24, 2.45) is 0 Å². The van der Waals surface area contributed by atoms with Gasteiger partial charge in [0.15, 0.2) is 0 Å². The Morgan fingerprint density at radius 3 is 2.47 bits per heavy atom. The molecule has 0 bridgehead atoms. The zero-order valence-corrected chi connectivity index (χ0v) is 14.1. The van der Waals surface area contributed by atoms with Crippen molar-refractivity contribution in [1.82, 2.24) is 0 Å². The first kappa shape index (κ1) is 16.2. The van der Waals surface area contributed by atoms with Crippen molar-refractivity contribution in [2.75, 3.05) is 11.5 Å². The molecule has 0 radical (unpaired) electrons. The van der Waals surface area contributed by atoms with E-state index in [0.29, 0.717) is 6.10 Å². The van der Waals surface area contributed by atoms with Crippen LogP contribution in [-0.4, -0.2) is 17.6 Å². The molecule has 0 aromatic rings. The average molecular weight is 436 g/mol. The summed E-state index contributed by atoms with van der Waals surface area (Å²) in [6, 6.07) is 0. The number of methoxy groups -OCH3 is 1. The van der Waals surface area contributed by atoms with E-state index in [1.807, 2.05) is 7.11 Å². The first-order valence-corrected chi connectivity index (χ1v) is 8.30. The Labute approximate surface area is 122 Å². The van der Waals surface area contributed by atoms with Crippen molar-refractivity contribution in [3.8, 4) is 0 Å². The van der Waals surface area contributed by atoms with Gasteiger partial charge in [0.25, 0.3) is 0 Å². The zero-order chi connectivity index (χ0) is 11.5. The van der Waals surface area contributed by atoms with Crippen molar-refractivity contribution in [1.29, 1.82) is 0 Å². The fourth-order valence-electron chi connectivity index (χ4n) is 1.46. The third kappa shape index (κ3) is 10.1. The van der Waals surface area contributed by atoms with Crippen molar-refractivity contribution < 1.29 is 4.74 Å². The first-order chi connectivity index (χ1) is 7.24. The Morgan fingerprint density at radius 2 is 1.93 bits per heavy atom. The molecule has 0 saturated carbocycles. The van der Waals surface area contributed by atoms with Crippen molar-refractivity contribution >= 4 is 45.2 Å². The van der Waals surface area contributed by atoms with Crippen LogP contribution in [0.2, 0.25) is 0 Å². The average Bonchev–Trinajstić information content (AvgIpc) is 2.26. The number of rotatable bonds is 9. The Kier molecular flexibility index (Phi) is 12.5. The van der Waals surface area contributed by atoms with Crippen LogP contribution < -0.4 is 0 Å². The second kappa shape index (κ2) is 11.6. The maximum Gasteiger partial charge on any atom is 0.0762 e. The van der Waals surface area contributed by atoms with E-state index in [0.717, 1.165) is 4.43 Å². The van der Waals surface area contributed by atoms with Crippen LogP contribution in [0.5, 0.6) is 0 Å². The molecule has 0 spiro atoms. The quantitative estimate of drug-likeness (QED) is 0.277. The number of unbranched alkanes of at least 4 members (excludes halogenated alkanes) is 4. The Balaban J connectivity index is 3.62. The van der Waals surface area contributed by atoms with Crippen LogP contribution in [0.4, 0.5) is 0 Å². The number of allylic oxidation sites excluding steroid dienone is 1. The third-order valence-electron chi connectivity index (χ3n) is 2.39. The molecule has 1 nitrogen and oxygen atoms in total. The molecule has 0 aliphatic heterocycles. The molecule has 0 aliphatic carbocycles. The van der Waals surface area contributed by atoms with Crippen LogP contribution in [0.15, 0.2) is 9.66 Å². The summed E-state index contributed by atoms with van der Waals surface area (Å²) in [5, 5.41) is 0. The minimum atomic E-state index is 0.327. The van der Waals surface area contributed by atoms with Crippen molar-refractivity contribution in [2.45, 2.75) is 51.6 Å². The maximum absolute atomic E-state index is 5.44. The highest BCUT2D eigenvalue weighted by atomic mass is 127. The summed E-state index contributed by atoms with van der Waals surface area (Å²) in [4.78, 5) is 0. The molecule has 0 aliphatic rings. The molecular weight excluding hydrogens is 414 g/mol. The summed E-state index contributed by atoms with van der Waals surface area (Å²) in [6.07, 6.45) is 10.5. The fourth-order valence-corrected chi connectivity index (χ4v) is 2.12. The van der Waals surface area contributed by atoms with Crippen LogP contribution in [0.25, 0.3) is 0 Å². The molecular formula is C12H22I2O. The van der Waals surface area contributed by atoms with Crippen LogP contribution in [0.3, 0.4) is 0 Å². The van der Waals surface area contributed by atoms with Gasteiger partial charge in [0.2, 0.25) is 0 Å². The molecule has 0 N–H and O–H groups in total. The standard InChI is InChI=1S/C12H22I2O/c1-3-4-5-6-7-8-12(15-2)9-11(14)10-13/h9,12H,3-8,10H2,1-2H3/b11-9-. The molecule has 90 valence electrons. The van der Waals surface area contributed by atoms with E-state index >= 15 is 0 Å². The van der Waals surface area contributed by atoms with Gasteiger partial charge in [0.05, 0.1) is 6.10 Å². The fraction of sp³-hybridized carbons (Fsp3) is 0.833. The zero-order valence-electron chi connectivity index (χ0n) is 9.77. The Hall–Kier alpha value is 1.16. The lowest BCUT2D eigenvalue weighted by Crippen LogP contribution is -2.07. The minimum Gasteiger partial charge on any atom is -0.377 e. The molecule has 0 aromatic carbocycles. The molecule has 1 atom stereocenters. The number of hydrogen-bond acceptors (Lipinski definition) is 1. The summed E-state index contributed by atoms with van der Waals surface area (Å²) in [6.45, 7) is 2.25. The van der Waals surface area contributed by atoms with Gasteiger partial charge in [0.1, 0.15) is 0 Å². The molecule has 0 fully saturated rings. The predicted molar refractivity (Wildman–Crippen MR) is 85.2 cm³/mol. The molecule has 0 saturated heterocycles. The van der Waals surface area contributed by atoms with E-state index in [-0.39, 0.29) is 0 Å². The summed E-state index contributed by atoms with van der Waals surface area (Å²) in [5.41, 5.74) is 0. The second-order valence-corrected chi connectivity index (χ2v) is 5.87. The van der Waals surface area contributed by atoms with Gasteiger partial charge < -0.3 is 4.74 Å². The molecule has 0 amide bonds. The molecule has 15 heavy (non-hydrogen) atoms. The highest BCUT2D eigenvalue weighted by Crippen LogP contribution is 2.15. The van der Waals surface area contributed by atoms with Crippen LogP contribution in [0.1, 0.15) is 45.4 Å². The Morgan fingerprint density at radius 1 is 1.27 bits per heavy atom. The second-order valence-electron chi connectivity index (χ2n) is 3.72. The topological polar surface area (TPSA) is 9.23 Å². The lowest BCUT2D eigenvalue weighted by Gasteiger charge is -2.11. The van der Waals surface area contributed by atoms with E-state index in [1.54, 1.807) is 0 Å². The van der Waals surface area contributed by atoms with Gasteiger partial charge in [-0.2, -0.15) is 0 Å². The summed E-state index contributed by atoms with van der Waals surface area (Å²) >= 11 is 4.78. The van der Waals surface area contributed by atoms with Gasteiger partial charge in [0, 0.05) is 11.5 Å². The van der Waals surface area contributed by atoms with Gasteiger partial charge >= 0.3 is 0 Å².